The van der Waals surface area contributed by atoms with E-state index in [1.165, 1.54) is 4.88 Å². The first kappa shape index (κ1) is 13.5. The average Bonchev–Trinajstić information content (AvgIpc) is 2.98. The van der Waals surface area contributed by atoms with Crippen LogP contribution in [0.2, 0.25) is 0 Å². The molecule has 0 bridgehead atoms. The van der Waals surface area contributed by atoms with Gasteiger partial charge in [0, 0.05) is 23.3 Å². The Labute approximate surface area is 120 Å². The summed E-state index contributed by atoms with van der Waals surface area (Å²) in [6.45, 7) is 3.09. The highest BCUT2D eigenvalue weighted by Crippen LogP contribution is 2.37. The summed E-state index contributed by atoms with van der Waals surface area (Å²) in [5.74, 6) is -0.411. The van der Waals surface area contributed by atoms with Gasteiger partial charge in [0.05, 0.1) is 6.61 Å². The molecule has 5 nitrogen and oxygen atoms in total. The van der Waals surface area contributed by atoms with Crippen LogP contribution in [0, 0.1) is 0 Å². The number of nitrogens with zero attached hydrogens (tertiary/aromatic N) is 2. The van der Waals surface area contributed by atoms with Crippen molar-refractivity contribution >= 4 is 27.5 Å². The van der Waals surface area contributed by atoms with Crippen LogP contribution in [0.1, 0.15) is 40.1 Å². The molecule has 106 valence electrons. The van der Waals surface area contributed by atoms with Crippen molar-refractivity contribution in [2.75, 3.05) is 13.2 Å². The average molecular weight is 292 g/mol. The van der Waals surface area contributed by atoms with E-state index in [1.807, 2.05) is 6.92 Å². The number of hydrogen-bond donors (Lipinski definition) is 1. The van der Waals surface area contributed by atoms with E-state index in [-0.39, 0.29) is 5.69 Å². The summed E-state index contributed by atoms with van der Waals surface area (Å²) in [7, 11) is 0. The number of fused-ring (bicyclic) bond motifs is 3. The minimum atomic E-state index is -0.970. The van der Waals surface area contributed by atoms with Gasteiger partial charge in [0.15, 0.2) is 5.69 Å². The van der Waals surface area contributed by atoms with Gasteiger partial charge in [0.1, 0.15) is 10.7 Å². The molecule has 0 radical (unpaired) electrons. The van der Waals surface area contributed by atoms with Crippen molar-refractivity contribution in [2.24, 2.45) is 0 Å². The van der Waals surface area contributed by atoms with E-state index in [4.69, 9.17) is 4.74 Å². The number of rotatable bonds is 5. The van der Waals surface area contributed by atoms with E-state index in [1.54, 1.807) is 11.3 Å². The summed E-state index contributed by atoms with van der Waals surface area (Å²) < 4.78 is 5.29. The summed E-state index contributed by atoms with van der Waals surface area (Å²) in [5, 5.41) is 10.2. The van der Waals surface area contributed by atoms with E-state index in [2.05, 4.69) is 9.97 Å². The van der Waals surface area contributed by atoms with E-state index < -0.39 is 5.97 Å². The van der Waals surface area contributed by atoms with Gasteiger partial charge in [-0.1, -0.05) is 0 Å². The van der Waals surface area contributed by atoms with Crippen LogP contribution >= 0.6 is 11.3 Å². The second-order valence-electron chi connectivity index (χ2n) is 4.78. The molecular weight excluding hydrogens is 276 g/mol. The van der Waals surface area contributed by atoms with E-state index in [9.17, 15) is 9.90 Å². The predicted molar refractivity (Wildman–Crippen MR) is 76.6 cm³/mol. The van der Waals surface area contributed by atoms with Gasteiger partial charge in [-0.25, -0.2) is 14.8 Å². The fraction of sp³-hybridized carbons (Fsp3) is 0.500. The quantitative estimate of drug-likeness (QED) is 0.857. The Balaban J connectivity index is 2.06. The van der Waals surface area contributed by atoms with Gasteiger partial charge in [-0.2, -0.15) is 0 Å². The lowest BCUT2D eigenvalue weighted by atomic mass is 10.1. The molecule has 1 aliphatic carbocycles. The zero-order valence-electron chi connectivity index (χ0n) is 11.3. The van der Waals surface area contributed by atoms with E-state index in [0.29, 0.717) is 25.5 Å². The minimum Gasteiger partial charge on any atom is -0.476 e. The molecule has 0 aliphatic heterocycles. The maximum absolute atomic E-state index is 11.5. The highest BCUT2D eigenvalue weighted by Gasteiger charge is 2.24. The third-order valence-corrected chi connectivity index (χ3v) is 4.67. The minimum absolute atomic E-state index is 0.154. The largest absolute Gasteiger partial charge is 0.476 e. The van der Waals surface area contributed by atoms with Crippen LogP contribution in [0.3, 0.4) is 0 Å². The Bertz CT molecular complexity index is 666. The van der Waals surface area contributed by atoms with Gasteiger partial charge in [0.2, 0.25) is 0 Å². The number of aryl methyl sites for hydroxylation is 2. The summed E-state index contributed by atoms with van der Waals surface area (Å²) in [6, 6.07) is 0. The number of aromatic carboxylic acids is 1. The van der Waals surface area contributed by atoms with Crippen molar-refractivity contribution < 1.29 is 14.6 Å². The van der Waals surface area contributed by atoms with Gasteiger partial charge in [-0.3, -0.25) is 0 Å². The molecule has 3 rings (SSSR count). The Hall–Kier alpha value is -1.53. The van der Waals surface area contributed by atoms with Gasteiger partial charge in [-0.05, 0) is 31.7 Å². The molecule has 0 saturated carbocycles. The van der Waals surface area contributed by atoms with Gasteiger partial charge < -0.3 is 9.84 Å². The number of carboxylic acids is 1. The molecule has 0 unspecified atom stereocenters. The molecule has 0 saturated heterocycles. The Kier molecular flexibility index (Phi) is 3.67. The number of carbonyl (C=O) groups is 1. The predicted octanol–water partition coefficient (Wildman–Crippen LogP) is 2.46. The first-order valence-corrected chi connectivity index (χ1v) is 7.64. The highest BCUT2D eigenvalue weighted by atomic mass is 32.1. The molecule has 6 heteroatoms. The van der Waals surface area contributed by atoms with Gasteiger partial charge in [-0.15, -0.1) is 11.3 Å². The third kappa shape index (κ3) is 2.29. The lowest BCUT2D eigenvalue weighted by Gasteiger charge is -2.04. The second kappa shape index (κ2) is 5.46. The summed E-state index contributed by atoms with van der Waals surface area (Å²) >= 11 is 1.62. The van der Waals surface area contributed by atoms with E-state index >= 15 is 0 Å². The van der Waals surface area contributed by atoms with Crippen molar-refractivity contribution in [1.82, 2.24) is 9.97 Å². The van der Waals surface area contributed by atoms with E-state index in [0.717, 1.165) is 35.0 Å². The Morgan fingerprint density at radius 2 is 2.25 bits per heavy atom. The maximum Gasteiger partial charge on any atom is 0.355 e. The second-order valence-corrected chi connectivity index (χ2v) is 5.86. The fourth-order valence-electron chi connectivity index (χ4n) is 2.61. The third-order valence-electron chi connectivity index (χ3n) is 3.49. The van der Waals surface area contributed by atoms with Gasteiger partial charge in [0.25, 0.3) is 0 Å². The summed E-state index contributed by atoms with van der Waals surface area (Å²) in [5.41, 5.74) is 1.31. The van der Waals surface area contributed by atoms with Crippen LogP contribution in [0.5, 0.6) is 0 Å². The molecule has 2 aromatic rings. The SMILES string of the molecule is CCOCCc1nc(C(=O)O)c2c3c(sc2n1)CCC3. The summed E-state index contributed by atoms with van der Waals surface area (Å²) in [4.78, 5) is 22.3. The monoisotopic (exact) mass is 292 g/mol. The lowest BCUT2D eigenvalue weighted by molar-refractivity contribution is 0.0692. The number of thiophene rings is 1. The highest BCUT2D eigenvalue weighted by molar-refractivity contribution is 7.19. The van der Waals surface area contributed by atoms with Crippen LogP contribution < -0.4 is 0 Å². The normalized spacial score (nSPS) is 13.8. The maximum atomic E-state index is 11.5. The fourth-order valence-corrected chi connectivity index (χ4v) is 3.89. The number of carboxylic acid groups (broad SMARTS) is 1. The molecule has 2 heterocycles. The molecule has 1 N–H and O–H groups in total. The molecule has 0 fully saturated rings. The molecule has 20 heavy (non-hydrogen) atoms. The summed E-state index contributed by atoms with van der Waals surface area (Å²) in [6.07, 6.45) is 3.62. The molecule has 0 amide bonds. The lowest BCUT2D eigenvalue weighted by Crippen LogP contribution is -2.09. The first-order chi connectivity index (χ1) is 9.70. The Morgan fingerprint density at radius 3 is 3.00 bits per heavy atom. The van der Waals surface area contributed by atoms with Crippen molar-refractivity contribution in [3.63, 3.8) is 0 Å². The Morgan fingerprint density at radius 1 is 1.40 bits per heavy atom. The molecule has 0 aromatic carbocycles. The molecule has 0 spiro atoms. The molecule has 2 aromatic heterocycles. The van der Waals surface area contributed by atoms with Crippen LogP contribution in [0.25, 0.3) is 10.2 Å². The zero-order chi connectivity index (χ0) is 14.1. The van der Waals surface area contributed by atoms with Crippen molar-refractivity contribution in [3.05, 3.63) is 22.0 Å². The number of aromatic nitrogens is 2. The van der Waals surface area contributed by atoms with Crippen molar-refractivity contribution in [3.8, 4) is 0 Å². The van der Waals surface area contributed by atoms with Crippen LogP contribution in [0.15, 0.2) is 0 Å². The molecular formula is C14H16N2O3S. The first-order valence-electron chi connectivity index (χ1n) is 6.83. The number of hydrogen-bond acceptors (Lipinski definition) is 5. The standard InChI is InChI=1S/C14H16N2O3S/c1-2-19-7-6-10-15-12(14(17)18)11-8-4-3-5-9(8)20-13(11)16-10/h2-7H2,1H3,(H,17,18). The van der Waals surface area contributed by atoms with Crippen molar-refractivity contribution in [2.45, 2.75) is 32.6 Å². The number of ether oxygens (including phenoxy) is 1. The van der Waals surface area contributed by atoms with Crippen LogP contribution in [-0.4, -0.2) is 34.3 Å². The van der Waals surface area contributed by atoms with Gasteiger partial charge >= 0.3 is 5.97 Å². The zero-order valence-corrected chi connectivity index (χ0v) is 12.1. The molecule has 1 aliphatic rings. The van der Waals surface area contributed by atoms with Crippen LogP contribution in [0.4, 0.5) is 0 Å². The smallest absolute Gasteiger partial charge is 0.355 e. The topological polar surface area (TPSA) is 72.3 Å². The van der Waals surface area contributed by atoms with Crippen molar-refractivity contribution in [1.29, 1.82) is 0 Å². The van der Waals surface area contributed by atoms with Crippen LogP contribution in [-0.2, 0) is 24.0 Å². The molecule has 0 atom stereocenters.